The number of benzene rings is 1. The van der Waals surface area contributed by atoms with Crippen LogP contribution in [0, 0.1) is 12.3 Å². The fourth-order valence-corrected chi connectivity index (χ4v) is 3.07. The number of rotatable bonds is 6. The van der Waals surface area contributed by atoms with Crippen LogP contribution < -0.4 is 4.72 Å². The topological polar surface area (TPSA) is 104 Å². The van der Waals surface area contributed by atoms with Crippen LogP contribution in [0.4, 0.5) is 0 Å². The van der Waals surface area contributed by atoms with E-state index in [1.54, 1.807) is 13.8 Å². The van der Waals surface area contributed by atoms with E-state index in [0.29, 0.717) is 0 Å². The lowest BCUT2D eigenvalue weighted by Gasteiger charge is -2.22. The summed E-state index contributed by atoms with van der Waals surface area (Å²) in [5.41, 5.74) is -0.450. The van der Waals surface area contributed by atoms with E-state index in [2.05, 4.69) is 4.72 Å². The zero-order valence-corrected chi connectivity index (χ0v) is 12.5. The number of carbonyl (C=O) groups is 1. The Morgan fingerprint density at radius 2 is 1.95 bits per heavy atom. The van der Waals surface area contributed by atoms with Gasteiger partial charge >= 0.3 is 5.97 Å². The van der Waals surface area contributed by atoms with Crippen LogP contribution >= 0.6 is 0 Å². The summed E-state index contributed by atoms with van der Waals surface area (Å²) in [6, 6.07) is 4.10. The monoisotopic (exact) mass is 301 g/mol. The molecule has 3 N–H and O–H groups in total. The van der Waals surface area contributed by atoms with E-state index in [-0.39, 0.29) is 29.2 Å². The minimum absolute atomic E-state index is 0.0470. The Morgan fingerprint density at radius 3 is 2.45 bits per heavy atom. The Bertz CT molecular complexity index is 607. The highest BCUT2D eigenvalue weighted by Crippen LogP contribution is 2.20. The number of aliphatic hydroxyl groups is 1. The highest BCUT2D eigenvalue weighted by Gasteiger charge is 2.24. The van der Waals surface area contributed by atoms with Crippen LogP contribution in [-0.2, 0) is 10.0 Å². The zero-order valence-electron chi connectivity index (χ0n) is 11.7. The van der Waals surface area contributed by atoms with Gasteiger partial charge in [-0.15, -0.1) is 0 Å². The van der Waals surface area contributed by atoms with Crippen molar-refractivity contribution >= 4 is 16.0 Å². The maximum atomic E-state index is 12.2. The van der Waals surface area contributed by atoms with Gasteiger partial charge in [0.25, 0.3) is 0 Å². The predicted molar refractivity (Wildman–Crippen MR) is 74.2 cm³/mol. The van der Waals surface area contributed by atoms with Crippen molar-refractivity contribution in [2.75, 3.05) is 13.2 Å². The summed E-state index contributed by atoms with van der Waals surface area (Å²) in [6.07, 6.45) is 0. The molecule has 0 atom stereocenters. The van der Waals surface area contributed by atoms with Crippen molar-refractivity contribution in [2.24, 2.45) is 5.41 Å². The average molecular weight is 301 g/mol. The summed E-state index contributed by atoms with van der Waals surface area (Å²) in [5, 5.41) is 18.1. The highest BCUT2D eigenvalue weighted by molar-refractivity contribution is 7.89. The van der Waals surface area contributed by atoms with Gasteiger partial charge in [-0.25, -0.2) is 17.9 Å². The Morgan fingerprint density at radius 1 is 1.35 bits per heavy atom. The first-order valence-electron chi connectivity index (χ1n) is 6.04. The Labute approximate surface area is 118 Å². The average Bonchev–Trinajstić information content (AvgIpc) is 2.36. The van der Waals surface area contributed by atoms with Crippen molar-refractivity contribution in [1.29, 1.82) is 0 Å². The van der Waals surface area contributed by atoms with Gasteiger partial charge in [-0.1, -0.05) is 19.9 Å². The van der Waals surface area contributed by atoms with Crippen LogP contribution in [0.2, 0.25) is 0 Å². The van der Waals surface area contributed by atoms with Gasteiger partial charge < -0.3 is 10.2 Å². The molecule has 0 amide bonds. The second-order valence-corrected chi connectivity index (χ2v) is 7.12. The van der Waals surface area contributed by atoms with Crippen LogP contribution in [0.1, 0.15) is 29.8 Å². The van der Waals surface area contributed by atoms with Crippen LogP contribution in [0.5, 0.6) is 0 Å². The number of hydrogen-bond donors (Lipinski definition) is 3. The standard InChI is InChI=1S/C13H19NO5S/c1-9-10(12(16)17)5-4-6-11(9)20(18,19)14-7-13(2,3)8-15/h4-6,14-15H,7-8H2,1-3H3,(H,16,17). The van der Waals surface area contributed by atoms with E-state index in [1.807, 2.05) is 0 Å². The fraction of sp³-hybridized carbons (Fsp3) is 0.462. The summed E-state index contributed by atoms with van der Waals surface area (Å²) in [6.45, 7) is 4.79. The van der Waals surface area contributed by atoms with Crippen LogP contribution in [-0.4, -0.2) is 37.8 Å². The second kappa shape index (κ2) is 5.90. The third kappa shape index (κ3) is 3.78. The summed E-state index contributed by atoms with van der Waals surface area (Å²) in [4.78, 5) is 11.0. The molecule has 0 radical (unpaired) electrons. The normalized spacial score (nSPS) is 12.4. The van der Waals surface area contributed by atoms with Crippen molar-refractivity contribution in [3.05, 3.63) is 29.3 Å². The Balaban J connectivity index is 3.11. The van der Waals surface area contributed by atoms with Crippen molar-refractivity contribution < 1.29 is 23.4 Å². The smallest absolute Gasteiger partial charge is 0.335 e. The maximum Gasteiger partial charge on any atom is 0.335 e. The number of aliphatic hydroxyl groups excluding tert-OH is 1. The minimum Gasteiger partial charge on any atom is -0.478 e. The van der Waals surface area contributed by atoms with E-state index >= 15 is 0 Å². The molecule has 0 unspecified atom stereocenters. The van der Waals surface area contributed by atoms with E-state index in [4.69, 9.17) is 10.2 Å². The molecule has 1 rings (SSSR count). The largest absolute Gasteiger partial charge is 0.478 e. The van der Waals surface area contributed by atoms with Gasteiger partial charge in [-0.3, -0.25) is 0 Å². The molecule has 20 heavy (non-hydrogen) atoms. The lowest BCUT2D eigenvalue weighted by Crippen LogP contribution is -2.36. The van der Waals surface area contributed by atoms with Crippen LogP contribution in [0.15, 0.2) is 23.1 Å². The molecule has 0 bridgehead atoms. The highest BCUT2D eigenvalue weighted by atomic mass is 32.2. The molecule has 0 aliphatic carbocycles. The first-order valence-corrected chi connectivity index (χ1v) is 7.52. The van der Waals surface area contributed by atoms with Crippen molar-refractivity contribution in [1.82, 2.24) is 4.72 Å². The van der Waals surface area contributed by atoms with Crippen molar-refractivity contribution in [3.63, 3.8) is 0 Å². The lowest BCUT2D eigenvalue weighted by molar-refractivity contribution is 0.0696. The number of hydrogen-bond acceptors (Lipinski definition) is 4. The van der Waals surface area contributed by atoms with Gasteiger partial charge in [0.05, 0.1) is 10.5 Å². The lowest BCUT2D eigenvalue weighted by atomic mass is 9.96. The SMILES string of the molecule is Cc1c(C(=O)O)cccc1S(=O)(=O)NCC(C)(C)CO. The number of nitrogens with one attached hydrogen (secondary N) is 1. The molecule has 7 heteroatoms. The van der Waals surface area contributed by atoms with Gasteiger partial charge in [0.2, 0.25) is 10.0 Å². The molecule has 0 aliphatic heterocycles. The van der Waals surface area contributed by atoms with Crippen LogP contribution in [0.3, 0.4) is 0 Å². The number of carboxylic acid groups (broad SMARTS) is 1. The Hall–Kier alpha value is -1.44. The molecule has 0 saturated heterocycles. The molecular weight excluding hydrogens is 282 g/mol. The molecular formula is C13H19NO5S. The van der Waals surface area contributed by atoms with Gasteiger partial charge in [-0.2, -0.15) is 0 Å². The van der Waals surface area contributed by atoms with E-state index in [1.165, 1.54) is 25.1 Å². The van der Waals surface area contributed by atoms with Crippen molar-refractivity contribution in [2.45, 2.75) is 25.7 Å². The molecule has 0 spiro atoms. The van der Waals surface area contributed by atoms with Crippen LogP contribution in [0.25, 0.3) is 0 Å². The number of sulfonamides is 1. The van der Waals surface area contributed by atoms with Gasteiger partial charge in [0, 0.05) is 18.6 Å². The van der Waals surface area contributed by atoms with E-state index < -0.39 is 21.4 Å². The molecule has 112 valence electrons. The molecule has 0 aliphatic rings. The van der Waals surface area contributed by atoms with E-state index in [0.717, 1.165) is 0 Å². The first kappa shape index (κ1) is 16.6. The van der Waals surface area contributed by atoms with E-state index in [9.17, 15) is 13.2 Å². The zero-order chi connectivity index (χ0) is 15.6. The third-order valence-electron chi connectivity index (χ3n) is 2.97. The first-order chi connectivity index (χ1) is 9.10. The molecule has 0 fully saturated rings. The number of aromatic carboxylic acids is 1. The maximum absolute atomic E-state index is 12.2. The van der Waals surface area contributed by atoms with Gasteiger partial charge in [0.1, 0.15) is 0 Å². The summed E-state index contributed by atoms with van der Waals surface area (Å²) in [7, 11) is -3.81. The minimum atomic E-state index is -3.81. The molecule has 0 saturated carbocycles. The predicted octanol–water partition coefficient (Wildman–Crippen LogP) is 0.990. The van der Waals surface area contributed by atoms with Gasteiger partial charge in [-0.05, 0) is 24.6 Å². The summed E-state index contributed by atoms with van der Waals surface area (Å²) < 4.78 is 26.8. The molecule has 1 aromatic rings. The van der Waals surface area contributed by atoms with Gasteiger partial charge in [0.15, 0.2) is 0 Å². The summed E-state index contributed by atoms with van der Waals surface area (Å²) in [5.74, 6) is -1.17. The molecule has 0 aromatic heterocycles. The third-order valence-corrected chi connectivity index (χ3v) is 4.52. The number of carboxylic acids is 1. The Kier molecular flexibility index (Phi) is 4.90. The van der Waals surface area contributed by atoms with Crippen molar-refractivity contribution in [3.8, 4) is 0 Å². The quantitative estimate of drug-likeness (QED) is 0.727. The molecule has 6 nitrogen and oxygen atoms in total. The second-order valence-electron chi connectivity index (χ2n) is 5.38. The molecule has 0 heterocycles. The summed E-state index contributed by atoms with van der Waals surface area (Å²) >= 11 is 0. The fourth-order valence-electron chi connectivity index (χ4n) is 1.56. The molecule has 1 aromatic carbocycles.